The van der Waals surface area contributed by atoms with E-state index >= 15 is 0 Å². The van der Waals surface area contributed by atoms with Crippen molar-refractivity contribution in [2.24, 2.45) is 0 Å². The SMILES string of the molecule is CCCn1ccnc1-c1ccc2ncnc(Nc3ccc(OCc4ccccc4)cc3)c2c1. The molecule has 1 N–H and O–H groups in total. The lowest BCUT2D eigenvalue weighted by Gasteiger charge is -2.11. The maximum absolute atomic E-state index is 5.89. The van der Waals surface area contributed by atoms with Crippen molar-refractivity contribution in [3.63, 3.8) is 0 Å². The van der Waals surface area contributed by atoms with E-state index in [1.165, 1.54) is 0 Å². The number of anilines is 2. The van der Waals surface area contributed by atoms with Gasteiger partial charge in [0.15, 0.2) is 0 Å². The molecule has 0 unspecified atom stereocenters. The lowest BCUT2D eigenvalue weighted by Crippen LogP contribution is -2.00. The number of rotatable bonds is 8. The summed E-state index contributed by atoms with van der Waals surface area (Å²) in [5.41, 5.74) is 4.00. The summed E-state index contributed by atoms with van der Waals surface area (Å²) in [5, 5.41) is 4.38. The first-order chi connectivity index (χ1) is 16.3. The van der Waals surface area contributed by atoms with Gasteiger partial charge in [0.2, 0.25) is 0 Å². The number of aryl methyl sites for hydroxylation is 1. The van der Waals surface area contributed by atoms with Gasteiger partial charge < -0.3 is 14.6 Å². The number of fused-ring (bicyclic) bond motifs is 1. The molecule has 0 aliphatic heterocycles. The molecule has 0 spiro atoms. The van der Waals surface area contributed by atoms with E-state index in [9.17, 15) is 0 Å². The summed E-state index contributed by atoms with van der Waals surface area (Å²) in [6.45, 7) is 3.64. The van der Waals surface area contributed by atoms with E-state index in [4.69, 9.17) is 4.74 Å². The average molecular weight is 436 g/mol. The molecule has 2 aromatic heterocycles. The molecule has 0 amide bonds. The van der Waals surface area contributed by atoms with Crippen LogP contribution in [-0.2, 0) is 13.2 Å². The lowest BCUT2D eigenvalue weighted by atomic mass is 10.1. The highest BCUT2D eigenvalue weighted by Gasteiger charge is 2.10. The highest BCUT2D eigenvalue weighted by molar-refractivity contribution is 5.93. The highest BCUT2D eigenvalue weighted by Crippen LogP contribution is 2.28. The van der Waals surface area contributed by atoms with Crippen LogP contribution in [-0.4, -0.2) is 19.5 Å². The van der Waals surface area contributed by atoms with Crippen molar-refractivity contribution >= 4 is 22.4 Å². The van der Waals surface area contributed by atoms with Gasteiger partial charge in [0, 0.05) is 35.6 Å². The lowest BCUT2D eigenvalue weighted by molar-refractivity contribution is 0.306. The van der Waals surface area contributed by atoms with Gasteiger partial charge in [-0.1, -0.05) is 37.3 Å². The van der Waals surface area contributed by atoms with Crippen LogP contribution in [0.1, 0.15) is 18.9 Å². The zero-order valence-electron chi connectivity index (χ0n) is 18.5. The van der Waals surface area contributed by atoms with E-state index in [1.807, 2.05) is 60.9 Å². The molecule has 6 nitrogen and oxygen atoms in total. The molecule has 164 valence electrons. The Bertz CT molecular complexity index is 1350. The number of nitrogens with one attached hydrogen (secondary N) is 1. The molecule has 0 aliphatic carbocycles. The van der Waals surface area contributed by atoms with Crippen LogP contribution in [0.2, 0.25) is 0 Å². The molecule has 0 atom stereocenters. The highest BCUT2D eigenvalue weighted by atomic mass is 16.5. The molecule has 0 bridgehead atoms. The summed E-state index contributed by atoms with van der Waals surface area (Å²) >= 11 is 0. The number of nitrogens with zero attached hydrogens (tertiary/aromatic N) is 4. The molecule has 0 saturated heterocycles. The normalized spacial score (nSPS) is 10.9. The van der Waals surface area contributed by atoms with Crippen molar-refractivity contribution in [1.82, 2.24) is 19.5 Å². The van der Waals surface area contributed by atoms with Crippen LogP contribution >= 0.6 is 0 Å². The summed E-state index contributed by atoms with van der Waals surface area (Å²) in [6, 6.07) is 24.2. The van der Waals surface area contributed by atoms with E-state index in [0.29, 0.717) is 6.61 Å². The predicted molar refractivity (Wildman–Crippen MR) is 132 cm³/mol. The topological polar surface area (TPSA) is 64.9 Å². The van der Waals surface area contributed by atoms with Crippen molar-refractivity contribution < 1.29 is 4.74 Å². The van der Waals surface area contributed by atoms with E-state index in [-0.39, 0.29) is 0 Å². The van der Waals surface area contributed by atoms with E-state index in [0.717, 1.165) is 58.1 Å². The van der Waals surface area contributed by atoms with Gasteiger partial charge in [-0.05, 0) is 54.4 Å². The van der Waals surface area contributed by atoms with Gasteiger partial charge in [0.1, 0.15) is 30.3 Å². The van der Waals surface area contributed by atoms with E-state index in [1.54, 1.807) is 6.33 Å². The molecule has 0 radical (unpaired) electrons. The summed E-state index contributed by atoms with van der Waals surface area (Å²) in [4.78, 5) is 13.5. The van der Waals surface area contributed by atoms with E-state index in [2.05, 4.69) is 56.0 Å². The monoisotopic (exact) mass is 435 g/mol. The largest absolute Gasteiger partial charge is 0.489 e. The van der Waals surface area contributed by atoms with Crippen molar-refractivity contribution in [3.05, 3.63) is 97.1 Å². The zero-order valence-corrected chi connectivity index (χ0v) is 18.5. The number of hydrogen-bond donors (Lipinski definition) is 1. The smallest absolute Gasteiger partial charge is 0.141 e. The molecular weight excluding hydrogens is 410 g/mol. The second-order valence-electron chi connectivity index (χ2n) is 7.82. The summed E-state index contributed by atoms with van der Waals surface area (Å²) in [7, 11) is 0. The molecule has 0 aliphatic rings. The van der Waals surface area contributed by atoms with Crippen LogP contribution in [0.4, 0.5) is 11.5 Å². The van der Waals surface area contributed by atoms with Gasteiger partial charge in [0.05, 0.1) is 5.52 Å². The van der Waals surface area contributed by atoms with Crippen molar-refractivity contribution in [2.75, 3.05) is 5.32 Å². The second kappa shape index (κ2) is 9.53. The van der Waals surface area contributed by atoms with Gasteiger partial charge >= 0.3 is 0 Å². The Kier molecular flexibility index (Phi) is 5.97. The van der Waals surface area contributed by atoms with Crippen LogP contribution in [0.25, 0.3) is 22.3 Å². The third kappa shape index (κ3) is 4.70. The predicted octanol–water partition coefficient (Wildman–Crippen LogP) is 6.23. The van der Waals surface area contributed by atoms with Gasteiger partial charge in [-0.2, -0.15) is 0 Å². The van der Waals surface area contributed by atoms with Crippen LogP contribution < -0.4 is 10.1 Å². The Labute approximate surface area is 192 Å². The first-order valence-corrected chi connectivity index (χ1v) is 11.1. The van der Waals surface area contributed by atoms with Crippen LogP contribution in [0, 0.1) is 0 Å². The number of benzene rings is 3. The van der Waals surface area contributed by atoms with Gasteiger partial charge in [-0.3, -0.25) is 0 Å². The number of hydrogen-bond acceptors (Lipinski definition) is 5. The minimum absolute atomic E-state index is 0.542. The Balaban J connectivity index is 1.36. The molecule has 33 heavy (non-hydrogen) atoms. The minimum Gasteiger partial charge on any atom is -0.489 e. The summed E-state index contributed by atoms with van der Waals surface area (Å²) in [5.74, 6) is 2.53. The van der Waals surface area contributed by atoms with Crippen LogP contribution in [0.5, 0.6) is 5.75 Å². The fourth-order valence-electron chi connectivity index (χ4n) is 3.80. The third-order valence-corrected chi connectivity index (χ3v) is 5.44. The number of imidazole rings is 1. The Morgan fingerprint density at radius 2 is 1.76 bits per heavy atom. The van der Waals surface area contributed by atoms with Crippen LogP contribution in [0.3, 0.4) is 0 Å². The number of ether oxygens (including phenoxy) is 1. The molecule has 6 heteroatoms. The molecule has 5 rings (SSSR count). The molecule has 0 saturated carbocycles. The van der Waals surface area contributed by atoms with Gasteiger partial charge in [-0.25, -0.2) is 15.0 Å². The minimum atomic E-state index is 0.542. The molecule has 3 aromatic carbocycles. The standard InChI is InChI=1S/C27H25N5O/c1-2-15-32-16-14-28-27(32)21-8-13-25-24(17-21)26(30-19-29-25)31-22-9-11-23(12-10-22)33-18-20-6-4-3-5-7-20/h3-14,16-17,19H,2,15,18H2,1H3,(H,29,30,31). The summed E-state index contributed by atoms with van der Waals surface area (Å²) < 4.78 is 8.07. The molecule has 2 heterocycles. The first kappa shape index (κ1) is 20.7. The Morgan fingerprint density at radius 1 is 0.909 bits per heavy atom. The van der Waals surface area contributed by atoms with Gasteiger partial charge in [0.25, 0.3) is 0 Å². The Morgan fingerprint density at radius 3 is 2.58 bits per heavy atom. The van der Waals surface area contributed by atoms with Gasteiger partial charge in [-0.15, -0.1) is 0 Å². The van der Waals surface area contributed by atoms with Crippen molar-refractivity contribution in [1.29, 1.82) is 0 Å². The van der Waals surface area contributed by atoms with Crippen molar-refractivity contribution in [2.45, 2.75) is 26.5 Å². The fraction of sp³-hybridized carbons (Fsp3) is 0.148. The van der Waals surface area contributed by atoms with Crippen LogP contribution in [0.15, 0.2) is 91.5 Å². The van der Waals surface area contributed by atoms with E-state index < -0.39 is 0 Å². The molecule has 0 fully saturated rings. The Hall–Kier alpha value is -4.19. The second-order valence-corrected chi connectivity index (χ2v) is 7.82. The molecular formula is C27H25N5O. The summed E-state index contributed by atoms with van der Waals surface area (Å²) in [6.07, 6.45) is 6.50. The first-order valence-electron chi connectivity index (χ1n) is 11.1. The fourth-order valence-corrected chi connectivity index (χ4v) is 3.80. The van der Waals surface area contributed by atoms with Crippen molar-refractivity contribution in [3.8, 4) is 17.1 Å². The number of aromatic nitrogens is 4. The quantitative estimate of drug-likeness (QED) is 0.313. The third-order valence-electron chi connectivity index (χ3n) is 5.44. The molecule has 5 aromatic rings. The maximum atomic E-state index is 5.89. The zero-order chi connectivity index (χ0) is 22.5. The average Bonchev–Trinajstić information content (AvgIpc) is 3.33. The maximum Gasteiger partial charge on any atom is 0.141 e.